The van der Waals surface area contributed by atoms with Crippen LogP contribution in [0.2, 0.25) is 0 Å². The average molecular weight is 339 g/mol. The number of fused-ring (bicyclic) bond motifs is 1. The Bertz CT molecular complexity index is 993. The van der Waals surface area contributed by atoms with Crippen LogP contribution in [-0.4, -0.2) is 15.6 Å². The fraction of sp³-hybridized carbons (Fsp3) is 0.167. The molecular formula is C18H17N3O2S. The van der Waals surface area contributed by atoms with Crippen LogP contribution in [0.1, 0.15) is 19.4 Å². The third-order valence-corrected chi connectivity index (χ3v) is 4.39. The lowest BCUT2D eigenvalue weighted by Crippen LogP contribution is -2.32. The first-order valence-electron chi connectivity index (χ1n) is 7.47. The van der Waals surface area contributed by atoms with Crippen LogP contribution in [0.15, 0.2) is 52.4 Å². The van der Waals surface area contributed by atoms with Crippen LogP contribution in [-0.2, 0) is 4.79 Å². The molecule has 0 atom stereocenters. The van der Waals surface area contributed by atoms with Crippen molar-refractivity contribution < 1.29 is 4.79 Å². The maximum absolute atomic E-state index is 12.8. The van der Waals surface area contributed by atoms with Gasteiger partial charge in [-0.1, -0.05) is 35.4 Å². The minimum absolute atomic E-state index is 0.285. The van der Waals surface area contributed by atoms with Gasteiger partial charge in [-0.05, 0) is 26.3 Å². The van der Waals surface area contributed by atoms with Gasteiger partial charge in [-0.2, -0.15) is 0 Å². The fourth-order valence-corrected chi connectivity index (χ4v) is 3.28. The molecule has 2 heterocycles. The standard InChI is InChI=1S/C18H17N3O2S/c1-11(2)8-15(22)20-21-10-19-17-16(18(21)23)14(9-24-17)13-6-4-12(3)5-7-13/h4-10H,1-3H3,(H,20,22). The summed E-state index contributed by atoms with van der Waals surface area (Å²) in [6.07, 6.45) is 2.78. The maximum atomic E-state index is 12.8. The van der Waals surface area contributed by atoms with E-state index in [0.717, 1.165) is 26.9 Å². The molecule has 0 spiro atoms. The summed E-state index contributed by atoms with van der Waals surface area (Å²) in [5, 5.41) is 2.44. The van der Waals surface area contributed by atoms with Gasteiger partial charge in [0.25, 0.3) is 11.5 Å². The van der Waals surface area contributed by atoms with Gasteiger partial charge in [0.15, 0.2) is 0 Å². The normalized spacial score (nSPS) is 10.6. The summed E-state index contributed by atoms with van der Waals surface area (Å²) in [5.41, 5.74) is 6.05. The molecule has 0 aliphatic rings. The number of nitrogens with zero attached hydrogens (tertiary/aromatic N) is 2. The summed E-state index contributed by atoms with van der Waals surface area (Å²) in [7, 11) is 0. The lowest BCUT2D eigenvalue weighted by atomic mass is 10.1. The molecule has 0 saturated heterocycles. The third-order valence-electron chi connectivity index (χ3n) is 3.51. The molecule has 122 valence electrons. The van der Waals surface area contributed by atoms with Crippen LogP contribution < -0.4 is 11.0 Å². The van der Waals surface area contributed by atoms with Gasteiger partial charge >= 0.3 is 0 Å². The van der Waals surface area contributed by atoms with E-state index in [4.69, 9.17) is 0 Å². The van der Waals surface area contributed by atoms with Crippen LogP contribution >= 0.6 is 11.3 Å². The monoisotopic (exact) mass is 339 g/mol. The zero-order chi connectivity index (χ0) is 17.3. The lowest BCUT2D eigenvalue weighted by Gasteiger charge is -2.06. The fourth-order valence-electron chi connectivity index (χ4n) is 2.37. The Morgan fingerprint density at radius 3 is 2.62 bits per heavy atom. The van der Waals surface area contributed by atoms with Crippen molar-refractivity contribution in [1.29, 1.82) is 0 Å². The first kappa shape index (κ1) is 16.1. The topological polar surface area (TPSA) is 64.0 Å². The second kappa shape index (κ2) is 6.41. The molecule has 0 fully saturated rings. The number of allylic oxidation sites excluding steroid dienone is 1. The van der Waals surface area contributed by atoms with Crippen LogP contribution in [0, 0.1) is 6.92 Å². The van der Waals surface area contributed by atoms with Gasteiger partial charge in [-0.15, -0.1) is 11.3 Å². The van der Waals surface area contributed by atoms with E-state index in [-0.39, 0.29) is 11.5 Å². The number of rotatable bonds is 3. The Kier molecular flexibility index (Phi) is 4.31. The number of hydrogen-bond donors (Lipinski definition) is 1. The molecule has 0 unspecified atom stereocenters. The van der Waals surface area contributed by atoms with Gasteiger partial charge in [0.1, 0.15) is 11.2 Å². The van der Waals surface area contributed by atoms with Gasteiger partial charge < -0.3 is 0 Å². The van der Waals surface area contributed by atoms with E-state index in [1.807, 2.05) is 50.4 Å². The smallest absolute Gasteiger partial charge is 0.268 e. The van der Waals surface area contributed by atoms with E-state index in [0.29, 0.717) is 10.2 Å². The summed E-state index contributed by atoms with van der Waals surface area (Å²) in [4.78, 5) is 29.6. The third kappa shape index (κ3) is 3.14. The van der Waals surface area contributed by atoms with Crippen LogP contribution in [0.25, 0.3) is 21.3 Å². The molecule has 3 rings (SSSR count). The largest absolute Gasteiger partial charge is 0.281 e. The zero-order valence-corrected chi connectivity index (χ0v) is 14.5. The second-order valence-electron chi connectivity index (χ2n) is 5.81. The van der Waals surface area contributed by atoms with Gasteiger partial charge in [0.2, 0.25) is 0 Å². The number of aromatic nitrogens is 2. The van der Waals surface area contributed by atoms with Crippen LogP contribution in [0.5, 0.6) is 0 Å². The predicted octanol–water partition coefficient (Wildman–Crippen LogP) is 3.47. The Balaban J connectivity index is 2.09. The molecule has 0 bridgehead atoms. The summed E-state index contributed by atoms with van der Waals surface area (Å²) in [6.45, 7) is 5.65. The quantitative estimate of drug-likeness (QED) is 0.743. The zero-order valence-electron chi connectivity index (χ0n) is 13.7. The van der Waals surface area contributed by atoms with E-state index >= 15 is 0 Å². The molecule has 0 aliphatic heterocycles. The minimum Gasteiger partial charge on any atom is -0.268 e. The minimum atomic E-state index is -0.356. The highest BCUT2D eigenvalue weighted by Crippen LogP contribution is 2.30. The van der Waals surface area contributed by atoms with Crippen molar-refractivity contribution in [3.63, 3.8) is 0 Å². The van der Waals surface area contributed by atoms with Crippen molar-refractivity contribution in [2.45, 2.75) is 20.8 Å². The highest BCUT2D eigenvalue weighted by atomic mass is 32.1. The molecule has 1 amide bonds. The average Bonchev–Trinajstić information content (AvgIpc) is 2.95. The van der Waals surface area contributed by atoms with Crippen LogP contribution in [0.4, 0.5) is 0 Å². The molecular weight excluding hydrogens is 322 g/mol. The number of nitrogens with one attached hydrogen (secondary N) is 1. The van der Waals surface area contributed by atoms with Crippen molar-refractivity contribution >= 4 is 27.5 Å². The highest BCUT2D eigenvalue weighted by molar-refractivity contribution is 7.17. The van der Waals surface area contributed by atoms with Crippen molar-refractivity contribution in [2.24, 2.45) is 0 Å². The number of thiophene rings is 1. The molecule has 3 aromatic rings. The molecule has 0 radical (unpaired) electrons. The van der Waals surface area contributed by atoms with Crippen molar-refractivity contribution in [2.75, 3.05) is 5.43 Å². The maximum Gasteiger partial charge on any atom is 0.281 e. The van der Waals surface area contributed by atoms with Crippen molar-refractivity contribution in [1.82, 2.24) is 9.66 Å². The molecule has 0 aliphatic carbocycles. The summed E-state index contributed by atoms with van der Waals surface area (Å²) >= 11 is 1.42. The number of benzene rings is 1. The molecule has 1 N–H and O–H groups in total. The molecule has 5 nitrogen and oxygen atoms in total. The number of aryl methyl sites for hydroxylation is 1. The Hall–Kier alpha value is -2.73. The summed E-state index contributed by atoms with van der Waals surface area (Å²) in [5.74, 6) is -0.356. The highest BCUT2D eigenvalue weighted by Gasteiger charge is 2.14. The van der Waals surface area contributed by atoms with Gasteiger partial charge in [-0.25, -0.2) is 9.66 Å². The van der Waals surface area contributed by atoms with Gasteiger partial charge in [0, 0.05) is 17.0 Å². The lowest BCUT2D eigenvalue weighted by molar-refractivity contribution is -0.112. The molecule has 0 saturated carbocycles. The number of hydrogen-bond acceptors (Lipinski definition) is 4. The van der Waals surface area contributed by atoms with Crippen molar-refractivity contribution in [3.8, 4) is 11.1 Å². The molecule has 2 aromatic heterocycles. The van der Waals surface area contributed by atoms with E-state index in [1.165, 1.54) is 23.7 Å². The van der Waals surface area contributed by atoms with E-state index in [1.54, 1.807) is 0 Å². The van der Waals surface area contributed by atoms with Gasteiger partial charge in [0.05, 0.1) is 5.39 Å². The summed E-state index contributed by atoms with van der Waals surface area (Å²) in [6, 6.07) is 7.97. The van der Waals surface area contributed by atoms with Crippen molar-refractivity contribution in [3.05, 3.63) is 63.5 Å². The number of amides is 1. The van der Waals surface area contributed by atoms with E-state index < -0.39 is 0 Å². The number of carbonyl (C=O) groups is 1. The van der Waals surface area contributed by atoms with E-state index in [2.05, 4.69) is 10.4 Å². The Morgan fingerprint density at radius 2 is 1.96 bits per heavy atom. The predicted molar refractivity (Wildman–Crippen MR) is 97.9 cm³/mol. The Morgan fingerprint density at radius 1 is 1.25 bits per heavy atom. The van der Waals surface area contributed by atoms with Gasteiger partial charge in [-0.3, -0.25) is 15.0 Å². The number of carbonyl (C=O) groups excluding carboxylic acids is 1. The molecule has 24 heavy (non-hydrogen) atoms. The first-order valence-corrected chi connectivity index (χ1v) is 8.35. The summed E-state index contributed by atoms with van der Waals surface area (Å²) < 4.78 is 1.13. The first-order chi connectivity index (χ1) is 11.5. The van der Waals surface area contributed by atoms with Crippen LogP contribution in [0.3, 0.4) is 0 Å². The van der Waals surface area contributed by atoms with E-state index in [9.17, 15) is 9.59 Å². The molecule has 1 aromatic carbocycles. The molecule has 6 heteroatoms. The SMILES string of the molecule is CC(C)=CC(=O)Nn1cnc2scc(-c3ccc(C)cc3)c2c1=O. The second-order valence-corrected chi connectivity index (χ2v) is 6.67. The Labute approximate surface area is 143 Å².